The van der Waals surface area contributed by atoms with Crippen LogP contribution in [0.15, 0.2) is 187 Å². The number of fused-ring (bicyclic) bond motifs is 13. The summed E-state index contributed by atoms with van der Waals surface area (Å²) in [6, 6.07) is 66.6. The van der Waals surface area contributed by atoms with E-state index in [1.807, 2.05) is 36.8 Å². The molecule has 57 heavy (non-hydrogen) atoms. The van der Waals surface area contributed by atoms with Crippen LogP contribution in [0.25, 0.3) is 76.9 Å². The molecule has 0 spiro atoms. The number of aromatic nitrogens is 4. The monoisotopic (exact) mass is 925 g/mol. The molecule has 0 amide bonds. The van der Waals surface area contributed by atoms with Gasteiger partial charge in [0.15, 0.2) is 5.58 Å². The molecule has 0 fully saturated rings. The van der Waals surface area contributed by atoms with Crippen LogP contribution in [0.1, 0.15) is 0 Å². The van der Waals surface area contributed by atoms with Crippen molar-refractivity contribution in [2.75, 3.05) is 0 Å². The van der Waals surface area contributed by atoms with Crippen molar-refractivity contribution in [3.8, 4) is 5.69 Å². The van der Waals surface area contributed by atoms with E-state index in [4.69, 9.17) is 14.4 Å². The summed E-state index contributed by atoms with van der Waals surface area (Å²) in [6.45, 7) is 0. The van der Waals surface area contributed by atoms with Gasteiger partial charge < -0.3 is 13.4 Å². The van der Waals surface area contributed by atoms with Gasteiger partial charge in [0, 0.05) is 45.7 Å². The van der Waals surface area contributed by atoms with E-state index in [1.54, 1.807) is 0 Å². The average Bonchev–Trinajstić information content (AvgIpc) is 4.00. The van der Waals surface area contributed by atoms with Crippen molar-refractivity contribution in [2.45, 2.75) is 0 Å². The fraction of sp³-hybridized carbons (Fsp3) is 0. The van der Waals surface area contributed by atoms with E-state index in [0.29, 0.717) is 0 Å². The maximum atomic E-state index is 6.70. The molecule has 0 aliphatic heterocycles. The number of rotatable bonds is 5. The Balaban J connectivity index is 0.00000374. The largest absolute Gasteiger partial charge is 2.00 e. The number of imidazole rings is 1. The first-order valence-electron chi connectivity index (χ1n) is 18.8. The molecule has 0 unspecified atom stereocenters. The topological polar surface area (TPSA) is 48.3 Å². The molecule has 0 atom stereocenters. The van der Waals surface area contributed by atoms with E-state index >= 15 is 0 Å². The van der Waals surface area contributed by atoms with Crippen molar-refractivity contribution < 1.29 is 25.5 Å². The fourth-order valence-electron chi connectivity index (χ4n) is 9.16. The Labute approximate surface area is 342 Å². The van der Waals surface area contributed by atoms with Crippen LogP contribution in [0.4, 0.5) is 0 Å². The molecule has 0 aliphatic carbocycles. The van der Waals surface area contributed by atoms with Gasteiger partial charge in [-0.05, 0) is 46.1 Å². The maximum Gasteiger partial charge on any atom is 2.00 e. The summed E-state index contributed by atoms with van der Waals surface area (Å²) in [6.07, 6.45) is 5.80. The van der Waals surface area contributed by atoms with Crippen LogP contribution in [0.5, 0.6) is 0 Å². The van der Waals surface area contributed by atoms with Crippen LogP contribution in [-0.2, 0) is 21.1 Å². The van der Waals surface area contributed by atoms with Gasteiger partial charge >= 0.3 is 21.1 Å². The molecule has 12 rings (SSSR count). The molecule has 0 saturated carbocycles. The second-order valence-corrected chi connectivity index (χ2v) is 18.1. The second-order valence-electron chi connectivity index (χ2n) is 14.4. The standard InChI is InChI=1S/C50H30N4OSi.Pt/c1-3-14-34(15-4-1)56(35-16-5-2-6-17-35,37-24-25-38-39-19-7-9-22-45(39)53-30-29-52-49(53)44(38)32-37)36-18-11-13-33(31-36)54-47-41(43-21-12-28-51-50(43)54)26-27-42-40-20-8-10-23-46(40)55-48(42)47;/h1-30H;/q-2;+2. The number of nitrogens with zero attached hydrogens (tertiary/aromatic N) is 4. The molecule has 7 aromatic carbocycles. The fourth-order valence-corrected chi connectivity index (χ4v) is 13.7. The van der Waals surface area contributed by atoms with Crippen molar-refractivity contribution in [1.82, 2.24) is 18.9 Å². The Morgan fingerprint density at radius 1 is 0.491 bits per heavy atom. The number of hydrogen-bond donors (Lipinski definition) is 0. The summed E-state index contributed by atoms with van der Waals surface area (Å²) in [4.78, 5) is 9.91. The zero-order valence-electron chi connectivity index (χ0n) is 30.3. The van der Waals surface area contributed by atoms with Crippen molar-refractivity contribution in [3.05, 3.63) is 195 Å². The number of pyridine rings is 2. The van der Waals surface area contributed by atoms with Crippen molar-refractivity contribution in [3.63, 3.8) is 0 Å². The van der Waals surface area contributed by atoms with Crippen molar-refractivity contribution in [1.29, 1.82) is 0 Å². The normalized spacial score (nSPS) is 12.1. The third-order valence-corrected chi connectivity index (χ3v) is 16.1. The van der Waals surface area contributed by atoms with Crippen molar-refractivity contribution in [2.24, 2.45) is 0 Å². The molecule has 0 N–H and O–H groups in total. The predicted octanol–water partition coefficient (Wildman–Crippen LogP) is 9.01. The van der Waals surface area contributed by atoms with Crippen LogP contribution in [0.2, 0.25) is 0 Å². The summed E-state index contributed by atoms with van der Waals surface area (Å²) < 4.78 is 11.1. The molecule has 7 heteroatoms. The molecule has 0 saturated heterocycles. The smallest absolute Gasteiger partial charge is 0.454 e. The van der Waals surface area contributed by atoms with Gasteiger partial charge in [-0.3, -0.25) is 4.98 Å². The van der Waals surface area contributed by atoms with Gasteiger partial charge in [-0.15, -0.1) is 34.8 Å². The van der Waals surface area contributed by atoms with E-state index in [1.165, 1.54) is 15.8 Å². The van der Waals surface area contributed by atoms with Gasteiger partial charge in [-0.25, -0.2) is 4.98 Å². The van der Waals surface area contributed by atoms with Gasteiger partial charge in [0.1, 0.15) is 19.3 Å². The molecule has 270 valence electrons. The molecule has 5 aromatic heterocycles. The Morgan fingerprint density at radius 3 is 1.98 bits per heavy atom. The Kier molecular flexibility index (Phi) is 7.68. The summed E-state index contributed by atoms with van der Waals surface area (Å²) in [5, 5.41) is 12.4. The Bertz CT molecular complexity index is 3460. The first-order valence-corrected chi connectivity index (χ1v) is 20.8. The Morgan fingerprint density at radius 2 is 1.16 bits per heavy atom. The molecular weight excluding hydrogens is 896 g/mol. The van der Waals surface area contributed by atoms with E-state index in [9.17, 15) is 0 Å². The quantitative estimate of drug-likeness (QED) is 0.0750. The maximum absolute atomic E-state index is 6.70. The number of hydrogen-bond acceptors (Lipinski definition) is 3. The van der Waals surface area contributed by atoms with E-state index in [-0.39, 0.29) is 21.1 Å². The number of furan rings is 1. The number of benzene rings is 7. The zero-order chi connectivity index (χ0) is 36.8. The minimum absolute atomic E-state index is 0. The SMILES string of the molecule is [Pt+2].[c-]1c(-n2c3ncccc3c3ccc4c5ccccc5oc4c32)cccc1[Si](c1[c-]c2c(cc1)c1ccccc1n1ccnc21)(c1ccccc1)c1ccccc1. The van der Waals surface area contributed by atoms with Crippen LogP contribution in [-0.4, -0.2) is 27.0 Å². The van der Waals surface area contributed by atoms with E-state index in [2.05, 4.69) is 167 Å². The molecule has 5 nitrogen and oxygen atoms in total. The van der Waals surface area contributed by atoms with Crippen molar-refractivity contribution >= 4 is 100 Å². The molecular formula is C50H30N4OPtSi. The summed E-state index contributed by atoms with van der Waals surface area (Å²) in [5.74, 6) is 0. The molecule has 5 heterocycles. The molecule has 0 radical (unpaired) electrons. The summed E-state index contributed by atoms with van der Waals surface area (Å²) >= 11 is 0. The van der Waals surface area contributed by atoms with Gasteiger partial charge in [0.05, 0.1) is 11.2 Å². The van der Waals surface area contributed by atoms with Gasteiger partial charge in [-0.1, -0.05) is 114 Å². The first-order chi connectivity index (χ1) is 27.8. The summed E-state index contributed by atoms with van der Waals surface area (Å²) in [5.41, 5.74) is 6.48. The van der Waals surface area contributed by atoms with Gasteiger partial charge in [0.2, 0.25) is 0 Å². The minimum atomic E-state index is -3.12. The van der Waals surface area contributed by atoms with E-state index < -0.39 is 8.07 Å². The number of para-hydroxylation sites is 2. The Hall–Kier alpha value is -6.59. The summed E-state index contributed by atoms with van der Waals surface area (Å²) in [7, 11) is -3.12. The second kappa shape index (κ2) is 13.0. The van der Waals surface area contributed by atoms with Crippen LogP contribution in [0.3, 0.4) is 0 Å². The average molecular weight is 926 g/mol. The zero-order valence-corrected chi connectivity index (χ0v) is 33.6. The third kappa shape index (κ3) is 4.78. The van der Waals surface area contributed by atoms with Gasteiger partial charge in [-0.2, -0.15) is 23.4 Å². The van der Waals surface area contributed by atoms with Crippen LogP contribution >= 0.6 is 0 Å². The van der Waals surface area contributed by atoms with Gasteiger partial charge in [0.25, 0.3) is 0 Å². The van der Waals surface area contributed by atoms with Crippen LogP contribution < -0.4 is 20.7 Å². The molecule has 0 bridgehead atoms. The molecule has 12 aromatic rings. The third-order valence-electron chi connectivity index (χ3n) is 11.5. The van der Waals surface area contributed by atoms with Crippen LogP contribution in [0, 0.1) is 12.1 Å². The van der Waals surface area contributed by atoms with E-state index in [0.717, 1.165) is 81.9 Å². The predicted molar refractivity (Wildman–Crippen MR) is 231 cm³/mol. The molecule has 0 aliphatic rings. The first kappa shape index (κ1) is 33.7. The minimum Gasteiger partial charge on any atom is -0.454 e.